The van der Waals surface area contributed by atoms with Crippen LogP contribution in [0.5, 0.6) is 11.5 Å². The Kier molecular flexibility index (Phi) is 6.02. The van der Waals surface area contributed by atoms with Crippen molar-refractivity contribution in [1.29, 1.82) is 0 Å². The number of fused-ring (bicyclic) bond motifs is 2. The van der Waals surface area contributed by atoms with Crippen LogP contribution in [-0.2, 0) is 16.0 Å². The third kappa shape index (κ3) is 4.19. The topological polar surface area (TPSA) is 79.2 Å². The quantitative estimate of drug-likeness (QED) is 0.384. The summed E-state index contributed by atoms with van der Waals surface area (Å²) in [5, 5.41) is 1.24. The number of morpholine rings is 1. The van der Waals surface area contributed by atoms with Crippen molar-refractivity contribution in [3.63, 3.8) is 0 Å². The average molecular weight is 499 g/mol. The lowest BCUT2D eigenvalue weighted by molar-refractivity contribution is 0.0588. The van der Waals surface area contributed by atoms with Crippen molar-refractivity contribution in [3.05, 3.63) is 88.3 Å². The van der Waals surface area contributed by atoms with Crippen LogP contribution in [0.15, 0.2) is 71.5 Å². The minimum Gasteiger partial charge on any atom is -0.464 e. The van der Waals surface area contributed by atoms with E-state index in [1.807, 2.05) is 66.7 Å². The minimum atomic E-state index is -0.574. The highest BCUT2D eigenvalue weighted by Gasteiger charge is 2.25. The molecule has 0 radical (unpaired) electrons. The molecule has 0 unspecified atom stereocenters. The maximum Gasteiger partial charge on any atom is 0.355 e. The number of carbonyl (C=O) groups is 1. The van der Waals surface area contributed by atoms with Gasteiger partial charge in [-0.15, -0.1) is 0 Å². The Bertz CT molecular complexity index is 1540. The lowest BCUT2D eigenvalue weighted by Crippen LogP contribution is -2.36. The summed E-state index contributed by atoms with van der Waals surface area (Å²) in [6.07, 6.45) is 0. The highest BCUT2D eigenvalue weighted by molar-refractivity contribution is 6.07. The molecule has 8 nitrogen and oxygen atoms in total. The smallest absolute Gasteiger partial charge is 0.355 e. The molecule has 2 aliphatic heterocycles. The summed E-state index contributed by atoms with van der Waals surface area (Å²) in [5.41, 5.74) is 3.23. The fourth-order valence-corrected chi connectivity index (χ4v) is 5.03. The highest BCUT2D eigenvalue weighted by atomic mass is 16.7. The van der Waals surface area contributed by atoms with Gasteiger partial charge in [-0.05, 0) is 46.8 Å². The molecule has 8 heteroatoms. The number of hydrogen-bond donors (Lipinski definition) is 0. The summed E-state index contributed by atoms with van der Waals surface area (Å²) in [6, 6.07) is 21.0. The molecule has 37 heavy (non-hydrogen) atoms. The van der Waals surface area contributed by atoms with Crippen LogP contribution in [0.3, 0.4) is 0 Å². The molecule has 3 heterocycles. The predicted octanol–water partition coefficient (Wildman–Crippen LogP) is 4.07. The molecule has 4 aromatic rings. The van der Waals surface area contributed by atoms with Crippen LogP contribution in [0.1, 0.15) is 16.1 Å². The molecule has 0 aliphatic carbocycles. The van der Waals surface area contributed by atoms with Crippen LogP contribution in [0, 0.1) is 0 Å². The lowest BCUT2D eigenvalue weighted by Gasteiger charge is -2.29. The Morgan fingerprint density at radius 1 is 0.919 bits per heavy atom. The zero-order valence-corrected chi connectivity index (χ0v) is 20.4. The monoisotopic (exact) mass is 498 g/mol. The first kappa shape index (κ1) is 23.1. The van der Waals surface area contributed by atoms with Crippen LogP contribution in [0.4, 0.5) is 5.69 Å². The summed E-state index contributed by atoms with van der Waals surface area (Å²) in [5.74, 6) is 0.697. The number of pyridine rings is 1. The van der Waals surface area contributed by atoms with Gasteiger partial charge in [0.1, 0.15) is 5.69 Å². The molecule has 3 aromatic carbocycles. The van der Waals surface area contributed by atoms with Crippen molar-refractivity contribution in [1.82, 2.24) is 4.57 Å². The number of ether oxygens (including phenoxy) is 4. The van der Waals surface area contributed by atoms with Crippen LogP contribution in [0.25, 0.3) is 21.9 Å². The summed E-state index contributed by atoms with van der Waals surface area (Å²) < 4.78 is 23.2. The predicted molar refractivity (Wildman–Crippen MR) is 140 cm³/mol. The Morgan fingerprint density at radius 2 is 1.70 bits per heavy atom. The van der Waals surface area contributed by atoms with Crippen molar-refractivity contribution in [2.24, 2.45) is 0 Å². The zero-order chi connectivity index (χ0) is 25.4. The number of hydrogen-bond acceptors (Lipinski definition) is 7. The zero-order valence-electron chi connectivity index (χ0n) is 20.4. The number of anilines is 1. The average Bonchev–Trinajstić information content (AvgIpc) is 3.42. The molecule has 1 aromatic heterocycles. The molecule has 0 bridgehead atoms. The van der Waals surface area contributed by atoms with Gasteiger partial charge in [0.05, 0.1) is 26.9 Å². The number of carbonyl (C=O) groups excluding carboxylic acids is 1. The van der Waals surface area contributed by atoms with E-state index in [0.29, 0.717) is 41.0 Å². The van der Waals surface area contributed by atoms with Gasteiger partial charge < -0.3 is 23.8 Å². The maximum atomic E-state index is 13.9. The first-order chi connectivity index (χ1) is 18.1. The maximum absolute atomic E-state index is 13.9. The number of nitrogens with zero attached hydrogens (tertiary/aromatic N) is 2. The summed E-state index contributed by atoms with van der Waals surface area (Å²) in [6.45, 7) is 3.14. The first-order valence-corrected chi connectivity index (χ1v) is 12.2. The second-order valence-corrected chi connectivity index (χ2v) is 8.99. The van der Waals surface area contributed by atoms with E-state index in [2.05, 4.69) is 4.90 Å². The van der Waals surface area contributed by atoms with Crippen LogP contribution in [-0.4, -0.2) is 50.7 Å². The molecule has 0 N–H and O–H groups in total. The Balaban J connectivity index is 1.60. The van der Waals surface area contributed by atoms with E-state index in [0.717, 1.165) is 29.9 Å². The Hall–Kier alpha value is -4.30. The molecule has 6 rings (SSSR count). The largest absolute Gasteiger partial charge is 0.464 e. The van der Waals surface area contributed by atoms with E-state index in [1.54, 1.807) is 0 Å². The van der Waals surface area contributed by atoms with Crippen LogP contribution >= 0.6 is 0 Å². The van der Waals surface area contributed by atoms with E-state index < -0.39 is 5.97 Å². The summed E-state index contributed by atoms with van der Waals surface area (Å²) in [4.78, 5) is 29.5. The van der Waals surface area contributed by atoms with Gasteiger partial charge in [0, 0.05) is 29.7 Å². The van der Waals surface area contributed by atoms with Crippen molar-refractivity contribution in [3.8, 4) is 22.6 Å². The molecular formula is C29H26N2O6. The Morgan fingerprint density at radius 3 is 2.49 bits per heavy atom. The molecule has 0 saturated carbocycles. The Labute approximate surface area is 213 Å². The molecule has 188 valence electrons. The molecule has 0 spiro atoms. The molecule has 1 fully saturated rings. The fourth-order valence-electron chi connectivity index (χ4n) is 5.03. The van der Waals surface area contributed by atoms with Gasteiger partial charge in [0.2, 0.25) is 6.79 Å². The third-order valence-electron chi connectivity index (χ3n) is 6.85. The van der Waals surface area contributed by atoms with E-state index >= 15 is 0 Å². The lowest BCUT2D eigenvalue weighted by atomic mass is 9.95. The summed E-state index contributed by atoms with van der Waals surface area (Å²) >= 11 is 0. The van der Waals surface area contributed by atoms with E-state index in [4.69, 9.17) is 18.9 Å². The van der Waals surface area contributed by atoms with Crippen molar-refractivity contribution in [2.75, 3.05) is 45.1 Å². The molecular weight excluding hydrogens is 472 g/mol. The minimum absolute atomic E-state index is 0.158. The number of aromatic nitrogens is 1. The fraction of sp³-hybridized carbons (Fsp3) is 0.241. The van der Waals surface area contributed by atoms with Gasteiger partial charge in [-0.25, -0.2) is 4.79 Å². The highest BCUT2D eigenvalue weighted by Crippen LogP contribution is 2.36. The van der Waals surface area contributed by atoms with Crippen LogP contribution < -0.4 is 19.9 Å². The molecule has 2 aliphatic rings. The number of esters is 1. The summed E-state index contributed by atoms with van der Waals surface area (Å²) in [7, 11) is 1.33. The second kappa shape index (κ2) is 9.63. The van der Waals surface area contributed by atoms with Crippen LogP contribution in [0.2, 0.25) is 0 Å². The van der Waals surface area contributed by atoms with Gasteiger partial charge >= 0.3 is 5.97 Å². The number of rotatable bonds is 5. The second-order valence-electron chi connectivity index (χ2n) is 8.99. The number of benzene rings is 3. The normalized spacial score (nSPS) is 14.7. The van der Waals surface area contributed by atoms with E-state index in [-0.39, 0.29) is 24.6 Å². The van der Waals surface area contributed by atoms with Crippen molar-refractivity contribution < 1.29 is 23.7 Å². The van der Waals surface area contributed by atoms with Gasteiger partial charge in [0.15, 0.2) is 11.5 Å². The van der Waals surface area contributed by atoms with E-state index in [9.17, 15) is 9.59 Å². The first-order valence-electron chi connectivity index (χ1n) is 12.2. The third-order valence-corrected chi connectivity index (χ3v) is 6.85. The van der Waals surface area contributed by atoms with Crippen molar-refractivity contribution >= 4 is 22.4 Å². The van der Waals surface area contributed by atoms with Gasteiger partial charge in [-0.3, -0.25) is 9.36 Å². The SMILES string of the molecule is COC(=O)c1c(-c2ccccc2)c2cc(N3CCOCC3)ccc2c(=O)n1Cc1ccc2c(c1)OCO2. The van der Waals surface area contributed by atoms with E-state index in [1.165, 1.54) is 11.7 Å². The molecule has 0 atom stereocenters. The van der Waals surface area contributed by atoms with Crippen molar-refractivity contribution in [2.45, 2.75) is 6.54 Å². The van der Waals surface area contributed by atoms with Gasteiger partial charge in [-0.1, -0.05) is 36.4 Å². The molecule has 1 saturated heterocycles. The number of methoxy groups -OCH3 is 1. The standard InChI is InChI=1S/C29H26N2O6/c1-34-29(33)27-26(20-5-3-2-4-6-20)23-16-21(30-11-13-35-14-12-30)8-9-22(23)28(32)31(27)17-19-7-10-24-25(15-19)37-18-36-24/h2-10,15-16H,11-14,17-18H2,1H3. The molecule has 0 amide bonds. The van der Waals surface area contributed by atoms with Gasteiger partial charge in [-0.2, -0.15) is 0 Å². The van der Waals surface area contributed by atoms with Gasteiger partial charge in [0.25, 0.3) is 5.56 Å².